The first-order chi connectivity index (χ1) is 9.62. The largest absolute Gasteiger partial charge is 0.478 e. The zero-order valence-electron chi connectivity index (χ0n) is 11.4. The lowest BCUT2D eigenvalue weighted by atomic mass is 10.2. The summed E-state index contributed by atoms with van der Waals surface area (Å²) >= 11 is 0. The van der Waals surface area contributed by atoms with Gasteiger partial charge in [0.15, 0.2) is 11.6 Å². The van der Waals surface area contributed by atoms with Gasteiger partial charge in [-0.05, 0) is 26.0 Å². The molecule has 118 valence electrons. The third kappa shape index (κ3) is 3.55. The number of aliphatic hydroxyl groups is 1. The van der Waals surface area contributed by atoms with Crippen molar-refractivity contribution in [1.82, 2.24) is 4.31 Å². The van der Waals surface area contributed by atoms with Crippen LogP contribution in [0.2, 0.25) is 0 Å². The number of rotatable bonds is 6. The van der Waals surface area contributed by atoms with Crippen LogP contribution in [-0.4, -0.2) is 48.1 Å². The molecular weight excluding hydrogens is 308 g/mol. The van der Waals surface area contributed by atoms with Crippen molar-refractivity contribution in [1.29, 1.82) is 0 Å². The molecule has 0 fully saturated rings. The van der Waals surface area contributed by atoms with E-state index in [4.69, 9.17) is 10.2 Å². The van der Waals surface area contributed by atoms with Crippen molar-refractivity contribution in [2.45, 2.75) is 24.8 Å². The summed E-state index contributed by atoms with van der Waals surface area (Å²) in [6.45, 7) is 2.14. The molecule has 0 saturated carbocycles. The van der Waals surface area contributed by atoms with Crippen molar-refractivity contribution in [3.8, 4) is 0 Å². The van der Waals surface area contributed by atoms with Gasteiger partial charge < -0.3 is 10.2 Å². The number of carbonyl (C=O) groups is 1. The van der Waals surface area contributed by atoms with Gasteiger partial charge in [0, 0.05) is 12.6 Å². The van der Waals surface area contributed by atoms with Crippen molar-refractivity contribution in [3.05, 3.63) is 29.3 Å². The van der Waals surface area contributed by atoms with Gasteiger partial charge in [-0.3, -0.25) is 0 Å². The fraction of sp³-hybridized carbons (Fsp3) is 0.417. The van der Waals surface area contributed by atoms with E-state index in [2.05, 4.69) is 0 Å². The molecule has 0 radical (unpaired) electrons. The molecule has 0 aliphatic rings. The highest BCUT2D eigenvalue weighted by molar-refractivity contribution is 7.89. The molecule has 0 unspecified atom stereocenters. The van der Waals surface area contributed by atoms with Gasteiger partial charge in [0.2, 0.25) is 10.0 Å². The van der Waals surface area contributed by atoms with Gasteiger partial charge in [-0.1, -0.05) is 0 Å². The Bertz CT molecular complexity index is 645. The fourth-order valence-electron chi connectivity index (χ4n) is 1.76. The Morgan fingerprint density at radius 3 is 2.33 bits per heavy atom. The lowest BCUT2D eigenvalue weighted by molar-refractivity contribution is 0.0696. The van der Waals surface area contributed by atoms with Crippen LogP contribution in [0.25, 0.3) is 0 Å². The quantitative estimate of drug-likeness (QED) is 0.816. The first-order valence-corrected chi connectivity index (χ1v) is 7.42. The van der Waals surface area contributed by atoms with Gasteiger partial charge in [-0.25, -0.2) is 22.0 Å². The summed E-state index contributed by atoms with van der Waals surface area (Å²) in [5.41, 5.74) is -0.680. The molecule has 0 aliphatic carbocycles. The lowest BCUT2D eigenvalue weighted by Gasteiger charge is -2.25. The molecule has 9 heteroatoms. The van der Waals surface area contributed by atoms with E-state index in [0.29, 0.717) is 12.1 Å². The van der Waals surface area contributed by atoms with Crippen molar-refractivity contribution >= 4 is 16.0 Å². The summed E-state index contributed by atoms with van der Waals surface area (Å²) in [6.07, 6.45) is 0. The second kappa shape index (κ2) is 6.46. The molecule has 0 saturated heterocycles. The van der Waals surface area contributed by atoms with E-state index in [0.717, 1.165) is 4.31 Å². The Balaban J connectivity index is 3.53. The third-order valence-corrected chi connectivity index (χ3v) is 4.80. The average molecular weight is 323 g/mol. The lowest BCUT2D eigenvalue weighted by Crippen LogP contribution is -2.39. The second-order valence-electron chi connectivity index (χ2n) is 4.51. The van der Waals surface area contributed by atoms with Gasteiger partial charge >= 0.3 is 5.97 Å². The molecule has 0 amide bonds. The average Bonchev–Trinajstić information content (AvgIpc) is 2.37. The van der Waals surface area contributed by atoms with Crippen LogP contribution in [0.5, 0.6) is 0 Å². The van der Waals surface area contributed by atoms with Gasteiger partial charge in [0.1, 0.15) is 4.90 Å². The minimum absolute atomic E-state index is 0.321. The number of benzene rings is 1. The van der Waals surface area contributed by atoms with Crippen LogP contribution in [0.3, 0.4) is 0 Å². The van der Waals surface area contributed by atoms with Crippen molar-refractivity contribution in [3.63, 3.8) is 0 Å². The first-order valence-electron chi connectivity index (χ1n) is 5.98. The van der Waals surface area contributed by atoms with Gasteiger partial charge in [0.05, 0.1) is 12.2 Å². The van der Waals surface area contributed by atoms with Crippen LogP contribution in [0.4, 0.5) is 8.78 Å². The molecule has 1 aromatic carbocycles. The van der Waals surface area contributed by atoms with Crippen LogP contribution >= 0.6 is 0 Å². The highest BCUT2D eigenvalue weighted by Gasteiger charge is 2.31. The summed E-state index contributed by atoms with van der Waals surface area (Å²) in [7, 11) is -4.48. The Labute approximate surface area is 120 Å². The van der Waals surface area contributed by atoms with E-state index >= 15 is 0 Å². The number of aliphatic hydroxyl groups excluding tert-OH is 1. The number of aromatic carboxylic acids is 1. The molecule has 0 spiro atoms. The molecule has 0 heterocycles. The number of hydrogen-bond donors (Lipinski definition) is 2. The molecule has 0 aromatic heterocycles. The van der Waals surface area contributed by atoms with Crippen LogP contribution in [0.15, 0.2) is 17.0 Å². The first kappa shape index (κ1) is 17.5. The van der Waals surface area contributed by atoms with Gasteiger partial charge in [-0.2, -0.15) is 4.31 Å². The van der Waals surface area contributed by atoms with Crippen molar-refractivity contribution < 1.29 is 32.2 Å². The SMILES string of the molecule is CC(C)N(CCO)S(=O)(=O)c1cc(C(=O)O)cc(F)c1F. The molecule has 0 atom stereocenters. The number of carboxylic acid groups (broad SMARTS) is 1. The highest BCUT2D eigenvalue weighted by atomic mass is 32.2. The minimum Gasteiger partial charge on any atom is -0.478 e. The zero-order valence-corrected chi connectivity index (χ0v) is 12.2. The molecule has 1 rings (SSSR count). The number of hydrogen-bond acceptors (Lipinski definition) is 4. The van der Waals surface area contributed by atoms with Crippen molar-refractivity contribution in [2.75, 3.05) is 13.2 Å². The smallest absolute Gasteiger partial charge is 0.335 e. The normalized spacial score (nSPS) is 12.1. The molecule has 0 bridgehead atoms. The fourth-order valence-corrected chi connectivity index (χ4v) is 3.49. The molecular formula is C12H15F2NO5S. The van der Waals surface area contributed by atoms with Gasteiger partial charge in [0.25, 0.3) is 0 Å². The summed E-state index contributed by atoms with van der Waals surface area (Å²) in [5, 5.41) is 17.7. The molecule has 0 aliphatic heterocycles. The van der Waals surface area contributed by atoms with Crippen LogP contribution in [0, 0.1) is 11.6 Å². The number of halogens is 2. The van der Waals surface area contributed by atoms with E-state index in [1.54, 1.807) is 0 Å². The number of nitrogens with zero attached hydrogens (tertiary/aromatic N) is 1. The Morgan fingerprint density at radius 1 is 1.33 bits per heavy atom. The Hall–Kier alpha value is -1.58. The topological polar surface area (TPSA) is 94.9 Å². The third-order valence-electron chi connectivity index (χ3n) is 2.72. The summed E-state index contributed by atoms with van der Waals surface area (Å²) < 4.78 is 52.6. The molecule has 1 aromatic rings. The summed E-state index contributed by atoms with van der Waals surface area (Å²) in [5.74, 6) is -4.80. The van der Waals surface area contributed by atoms with Crippen LogP contribution < -0.4 is 0 Å². The Kier molecular flexibility index (Phi) is 5.37. The van der Waals surface area contributed by atoms with Gasteiger partial charge in [-0.15, -0.1) is 0 Å². The van der Waals surface area contributed by atoms with Crippen LogP contribution in [-0.2, 0) is 10.0 Å². The summed E-state index contributed by atoms with van der Waals surface area (Å²) in [6, 6.07) is 0.337. The predicted molar refractivity (Wildman–Crippen MR) is 69.4 cm³/mol. The van der Waals surface area contributed by atoms with E-state index in [9.17, 15) is 22.0 Å². The predicted octanol–water partition coefficient (Wildman–Crippen LogP) is 1.05. The van der Waals surface area contributed by atoms with E-state index < -0.39 is 50.7 Å². The van der Waals surface area contributed by atoms with Crippen LogP contribution in [0.1, 0.15) is 24.2 Å². The monoisotopic (exact) mass is 323 g/mol. The Morgan fingerprint density at radius 2 is 1.90 bits per heavy atom. The summed E-state index contributed by atoms with van der Waals surface area (Å²) in [4.78, 5) is 9.77. The van der Waals surface area contributed by atoms with Crippen molar-refractivity contribution in [2.24, 2.45) is 0 Å². The minimum atomic E-state index is -4.48. The maximum Gasteiger partial charge on any atom is 0.335 e. The van der Waals surface area contributed by atoms with E-state index in [-0.39, 0.29) is 6.54 Å². The zero-order chi connectivity index (χ0) is 16.4. The van der Waals surface area contributed by atoms with E-state index in [1.807, 2.05) is 0 Å². The number of carboxylic acids is 1. The van der Waals surface area contributed by atoms with E-state index in [1.165, 1.54) is 13.8 Å². The number of sulfonamides is 1. The highest BCUT2D eigenvalue weighted by Crippen LogP contribution is 2.24. The molecule has 2 N–H and O–H groups in total. The standard InChI is InChI=1S/C12H15F2NO5S/c1-7(2)15(3-4-16)21(19,20)10-6-8(12(17)18)5-9(13)11(10)14/h5-7,16H,3-4H2,1-2H3,(H,17,18). The maximum atomic E-state index is 13.8. The molecule has 6 nitrogen and oxygen atoms in total. The second-order valence-corrected chi connectivity index (χ2v) is 6.37. The molecule has 21 heavy (non-hydrogen) atoms. The maximum absolute atomic E-state index is 13.8.